The number of nitro groups is 1. The van der Waals surface area contributed by atoms with Gasteiger partial charge in [0.15, 0.2) is 0 Å². The molecule has 0 saturated carbocycles. The Labute approximate surface area is 125 Å². The number of nitrogens with one attached hydrogen (secondary N) is 2. The lowest BCUT2D eigenvalue weighted by Crippen LogP contribution is -2.30. The van der Waals surface area contributed by atoms with Gasteiger partial charge in [0.2, 0.25) is 5.91 Å². The Morgan fingerprint density at radius 1 is 1.50 bits per heavy atom. The molecule has 0 heterocycles. The van der Waals surface area contributed by atoms with Crippen molar-refractivity contribution in [2.24, 2.45) is 0 Å². The van der Waals surface area contributed by atoms with Gasteiger partial charge < -0.3 is 15.4 Å². The van der Waals surface area contributed by atoms with E-state index in [4.69, 9.17) is 4.74 Å². The van der Waals surface area contributed by atoms with E-state index in [2.05, 4.69) is 26.6 Å². The number of aryl methyl sites for hydroxylation is 1. The highest BCUT2D eigenvalue weighted by molar-refractivity contribution is 9.10. The van der Waals surface area contributed by atoms with Crippen LogP contribution in [0, 0.1) is 17.0 Å². The maximum Gasteiger partial charge on any atom is 0.274 e. The van der Waals surface area contributed by atoms with Crippen molar-refractivity contribution < 1.29 is 14.5 Å². The fourth-order valence-electron chi connectivity index (χ4n) is 1.52. The Balaban J connectivity index is 2.69. The van der Waals surface area contributed by atoms with Gasteiger partial charge >= 0.3 is 0 Å². The molecule has 20 heavy (non-hydrogen) atoms. The SMILES string of the molecule is COCCNCC(=O)Nc1cc([N+](=O)[O-])c(C)cc1Br. The van der Waals surface area contributed by atoms with Crippen molar-refractivity contribution in [3.63, 3.8) is 0 Å². The molecule has 0 aliphatic carbocycles. The zero-order valence-electron chi connectivity index (χ0n) is 11.2. The van der Waals surface area contributed by atoms with Crippen LogP contribution in [0.15, 0.2) is 16.6 Å². The summed E-state index contributed by atoms with van der Waals surface area (Å²) < 4.78 is 5.44. The fourth-order valence-corrected chi connectivity index (χ4v) is 2.08. The largest absolute Gasteiger partial charge is 0.383 e. The number of amides is 1. The Hall–Kier alpha value is -1.51. The van der Waals surface area contributed by atoms with Gasteiger partial charge in [0, 0.05) is 29.8 Å². The summed E-state index contributed by atoms with van der Waals surface area (Å²) in [5.74, 6) is -0.278. The molecule has 1 rings (SSSR count). The summed E-state index contributed by atoms with van der Waals surface area (Å²) in [6.07, 6.45) is 0. The topological polar surface area (TPSA) is 93.5 Å². The number of carbonyl (C=O) groups excluding carboxylic acids is 1. The highest BCUT2D eigenvalue weighted by Crippen LogP contribution is 2.30. The van der Waals surface area contributed by atoms with Crippen LogP contribution in [-0.2, 0) is 9.53 Å². The second-order valence-corrected chi connectivity index (χ2v) is 4.95. The second kappa shape index (κ2) is 7.93. The number of nitrogens with zero attached hydrogens (tertiary/aromatic N) is 1. The number of hydrogen-bond donors (Lipinski definition) is 2. The molecule has 7 nitrogen and oxygen atoms in total. The van der Waals surface area contributed by atoms with Crippen LogP contribution >= 0.6 is 15.9 Å². The maximum absolute atomic E-state index is 11.7. The number of hydrogen-bond acceptors (Lipinski definition) is 5. The van der Waals surface area contributed by atoms with E-state index >= 15 is 0 Å². The minimum absolute atomic E-state index is 0.0316. The predicted molar refractivity (Wildman–Crippen MR) is 78.9 cm³/mol. The van der Waals surface area contributed by atoms with Crippen molar-refractivity contribution in [2.75, 3.05) is 32.1 Å². The fraction of sp³-hybridized carbons (Fsp3) is 0.417. The van der Waals surface area contributed by atoms with Gasteiger partial charge in [0.05, 0.1) is 23.8 Å². The summed E-state index contributed by atoms with van der Waals surface area (Å²) in [5, 5.41) is 16.4. The molecule has 110 valence electrons. The Morgan fingerprint density at radius 3 is 2.80 bits per heavy atom. The number of rotatable bonds is 7. The quantitative estimate of drug-likeness (QED) is 0.446. The van der Waals surface area contributed by atoms with Crippen molar-refractivity contribution in [3.8, 4) is 0 Å². The van der Waals surface area contributed by atoms with Gasteiger partial charge in [0.1, 0.15) is 0 Å². The van der Waals surface area contributed by atoms with Gasteiger partial charge in [-0.3, -0.25) is 14.9 Å². The second-order valence-electron chi connectivity index (χ2n) is 4.09. The van der Waals surface area contributed by atoms with Gasteiger partial charge in [-0.1, -0.05) is 0 Å². The summed E-state index contributed by atoms with van der Waals surface area (Å²) in [6, 6.07) is 2.94. The number of nitro benzene ring substituents is 1. The van der Waals surface area contributed by atoms with E-state index < -0.39 is 4.92 Å². The van der Waals surface area contributed by atoms with E-state index in [9.17, 15) is 14.9 Å². The molecule has 0 atom stereocenters. The molecule has 0 bridgehead atoms. The number of anilines is 1. The molecule has 0 unspecified atom stereocenters. The molecule has 1 aromatic rings. The average Bonchev–Trinajstić information content (AvgIpc) is 2.37. The first kappa shape index (κ1) is 16.5. The van der Waals surface area contributed by atoms with Crippen LogP contribution in [0.2, 0.25) is 0 Å². The molecule has 0 aliphatic rings. The molecule has 0 radical (unpaired) electrons. The molecule has 1 aromatic carbocycles. The third kappa shape index (κ3) is 4.87. The zero-order chi connectivity index (χ0) is 15.1. The van der Waals surface area contributed by atoms with Crippen LogP contribution in [-0.4, -0.2) is 37.6 Å². The van der Waals surface area contributed by atoms with E-state index in [1.54, 1.807) is 20.1 Å². The van der Waals surface area contributed by atoms with E-state index in [1.165, 1.54) is 6.07 Å². The van der Waals surface area contributed by atoms with Crippen LogP contribution in [0.1, 0.15) is 5.56 Å². The predicted octanol–water partition coefficient (Wildman–Crippen LogP) is 1.84. The van der Waals surface area contributed by atoms with Gasteiger partial charge in [-0.15, -0.1) is 0 Å². The van der Waals surface area contributed by atoms with Crippen molar-refractivity contribution in [2.45, 2.75) is 6.92 Å². The van der Waals surface area contributed by atoms with Crippen LogP contribution in [0.25, 0.3) is 0 Å². The van der Waals surface area contributed by atoms with E-state index in [1.807, 2.05) is 0 Å². The Bertz CT molecular complexity index is 508. The normalized spacial score (nSPS) is 10.3. The van der Waals surface area contributed by atoms with Gasteiger partial charge in [-0.2, -0.15) is 0 Å². The number of benzene rings is 1. The standard InChI is InChI=1S/C12H16BrN3O4/c1-8-5-9(13)10(6-11(8)16(18)19)15-12(17)7-14-3-4-20-2/h5-6,14H,3-4,7H2,1-2H3,(H,15,17). The lowest BCUT2D eigenvalue weighted by Gasteiger charge is -2.09. The first-order chi connectivity index (χ1) is 9.45. The minimum Gasteiger partial charge on any atom is -0.383 e. The summed E-state index contributed by atoms with van der Waals surface area (Å²) in [4.78, 5) is 22.1. The lowest BCUT2D eigenvalue weighted by atomic mass is 10.2. The first-order valence-electron chi connectivity index (χ1n) is 5.89. The number of halogens is 1. The van der Waals surface area contributed by atoms with E-state index in [0.29, 0.717) is 28.9 Å². The smallest absolute Gasteiger partial charge is 0.274 e. The number of methoxy groups -OCH3 is 1. The summed E-state index contributed by atoms with van der Waals surface area (Å²) in [6.45, 7) is 2.81. The summed E-state index contributed by atoms with van der Waals surface area (Å²) >= 11 is 3.27. The molecule has 0 aliphatic heterocycles. The molecule has 0 aromatic heterocycles. The van der Waals surface area contributed by atoms with Crippen molar-refractivity contribution in [1.29, 1.82) is 0 Å². The summed E-state index contributed by atoms with van der Waals surface area (Å²) in [7, 11) is 1.57. The highest BCUT2D eigenvalue weighted by atomic mass is 79.9. The van der Waals surface area contributed by atoms with Crippen LogP contribution < -0.4 is 10.6 Å². The van der Waals surface area contributed by atoms with Crippen LogP contribution in [0.5, 0.6) is 0 Å². The molecule has 0 spiro atoms. The Kier molecular flexibility index (Phi) is 6.56. The Morgan fingerprint density at radius 2 is 2.20 bits per heavy atom. The van der Waals surface area contributed by atoms with Crippen molar-refractivity contribution >= 4 is 33.2 Å². The monoisotopic (exact) mass is 345 g/mol. The van der Waals surface area contributed by atoms with Crippen LogP contribution in [0.4, 0.5) is 11.4 Å². The third-order valence-electron chi connectivity index (χ3n) is 2.52. The van der Waals surface area contributed by atoms with Gasteiger partial charge in [-0.25, -0.2) is 0 Å². The summed E-state index contributed by atoms with van der Waals surface area (Å²) in [5.41, 5.74) is 0.870. The lowest BCUT2D eigenvalue weighted by molar-refractivity contribution is -0.385. The number of carbonyl (C=O) groups is 1. The molecule has 2 N–H and O–H groups in total. The van der Waals surface area contributed by atoms with Crippen LogP contribution in [0.3, 0.4) is 0 Å². The average molecular weight is 346 g/mol. The van der Waals surface area contributed by atoms with E-state index in [-0.39, 0.29) is 18.1 Å². The third-order valence-corrected chi connectivity index (χ3v) is 3.18. The molecular weight excluding hydrogens is 330 g/mol. The molecular formula is C12H16BrN3O4. The highest BCUT2D eigenvalue weighted by Gasteiger charge is 2.15. The minimum atomic E-state index is -0.478. The molecule has 0 saturated heterocycles. The van der Waals surface area contributed by atoms with Crippen molar-refractivity contribution in [3.05, 3.63) is 32.3 Å². The molecule has 0 fully saturated rings. The molecule has 8 heteroatoms. The zero-order valence-corrected chi connectivity index (χ0v) is 12.8. The first-order valence-corrected chi connectivity index (χ1v) is 6.69. The maximum atomic E-state index is 11.7. The molecule has 1 amide bonds. The van der Waals surface area contributed by atoms with E-state index in [0.717, 1.165) is 0 Å². The number of ether oxygens (including phenoxy) is 1. The van der Waals surface area contributed by atoms with Gasteiger partial charge in [0.25, 0.3) is 5.69 Å². The van der Waals surface area contributed by atoms with Gasteiger partial charge in [-0.05, 0) is 28.9 Å². The van der Waals surface area contributed by atoms with Crippen molar-refractivity contribution in [1.82, 2.24) is 5.32 Å².